The number of carboxylic acids is 1. The van der Waals surface area contributed by atoms with Gasteiger partial charge < -0.3 is 19.3 Å². The van der Waals surface area contributed by atoms with E-state index < -0.39 is 24.0 Å². The molecule has 2 rings (SSSR count). The summed E-state index contributed by atoms with van der Waals surface area (Å²) in [6.07, 6.45) is -6.07. The lowest BCUT2D eigenvalue weighted by atomic mass is 10.2. The number of rotatable bonds is 6. The number of carboxylic acid groups (broad SMARTS) is 1. The van der Waals surface area contributed by atoms with Gasteiger partial charge >= 0.3 is 12.1 Å². The van der Waals surface area contributed by atoms with Gasteiger partial charge in [-0.2, -0.15) is 13.2 Å². The third-order valence-electron chi connectivity index (χ3n) is 3.04. The van der Waals surface area contributed by atoms with Crippen molar-refractivity contribution in [2.24, 2.45) is 0 Å². The van der Waals surface area contributed by atoms with E-state index in [0.717, 1.165) is 25.3 Å². The van der Waals surface area contributed by atoms with Crippen LogP contribution in [-0.4, -0.2) is 24.5 Å². The average Bonchev–Trinajstić information content (AvgIpc) is 2.55. The zero-order valence-corrected chi connectivity index (χ0v) is 15.4. The first kappa shape index (κ1) is 20.3. The highest BCUT2D eigenvalue weighted by atomic mass is 79.9. The number of methoxy groups -OCH3 is 1. The van der Waals surface area contributed by atoms with Gasteiger partial charge in [-0.15, -0.1) is 0 Å². The molecule has 0 spiro atoms. The van der Waals surface area contributed by atoms with Gasteiger partial charge in [-0.05, 0) is 46.3 Å². The lowest BCUT2D eigenvalue weighted by Crippen LogP contribution is -2.28. The van der Waals surface area contributed by atoms with E-state index in [-0.39, 0.29) is 22.3 Å². The number of benzene rings is 2. The van der Waals surface area contributed by atoms with Crippen LogP contribution in [0.15, 0.2) is 40.9 Å². The van der Waals surface area contributed by atoms with Gasteiger partial charge in [0.2, 0.25) is 0 Å². The average molecular weight is 456 g/mol. The molecule has 0 amide bonds. The maximum atomic E-state index is 12.7. The zero-order chi connectivity index (χ0) is 19.5. The van der Waals surface area contributed by atoms with Crippen LogP contribution in [0.1, 0.15) is 5.56 Å². The smallest absolute Gasteiger partial charge is 0.416 e. The van der Waals surface area contributed by atoms with Crippen molar-refractivity contribution < 1.29 is 37.3 Å². The van der Waals surface area contributed by atoms with Crippen LogP contribution in [0.4, 0.5) is 13.2 Å². The number of halogens is 5. The van der Waals surface area contributed by atoms with E-state index in [1.807, 2.05) is 0 Å². The molecule has 0 radical (unpaired) electrons. The Balaban J connectivity index is 2.25. The van der Waals surface area contributed by atoms with E-state index in [1.165, 1.54) is 18.2 Å². The summed E-state index contributed by atoms with van der Waals surface area (Å²) >= 11 is 9.03. The molecule has 5 nitrogen and oxygen atoms in total. The quantitative estimate of drug-likeness (QED) is 0.595. The van der Waals surface area contributed by atoms with Crippen molar-refractivity contribution >= 4 is 33.5 Å². The molecule has 2 aromatic rings. The third-order valence-corrected chi connectivity index (χ3v) is 3.99. The van der Waals surface area contributed by atoms with Gasteiger partial charge in [0.1, 0.15) is 17.2 Å². The predicted molar refractivity (Wildman–Crippen MR) is 89.7 cm³/mol. The maximum Gasteiger partial charge on any atom is 0.416 e. The molecule has 1 atom stereocenters. The van der Waals surface area contributed by atoms with E-state index in [2.05, 4.69) is 20.7 Å². The van der Waals surface area contributed by atoms with E-state index in [1.54, 1.807) is 0 Å². The summed E-state index contributed by atoms with van der Waals surface area (Å²) in [7, 11) is 1.16. The van der Waals surface area contributed by atoms with Crippen LogP contribution < -0.4 is 9.47 Å². The molecule has 0 fully saturated rings. The Morgan fingerprint density at radius 2 is 1.88 bits per heavy atom. The predicted octanol–water partition coefficient (Wildman–Crippen LogP) is 5.35. The molecule has 2 aromatic carbocycles. The number of ether oxygens (including phenoxy) is 3. The van der Waals surface area contributed by atoms with Crippen LogP contribution in [0.2, 0.25) is 5.02 Å². The summed E-state index contributed by atoms with van der Waals surface area (Å²) in [6.45, 7) is 0. The van der Waals surface area contributed by atoms with Crippen molar-refractivity contribution in [3.63, 3.8) is 0 Å². The minimum Gasteiger partial charge on any atom is -0.477 e. The first-order valence-electron chi connectivity index (χ1n) is 6.88. The Morgan fingerprint density at radius 3 is 2.42 bits per heavy atom. The van der Waals surface area contributed by atoms with Gasteiger partial charge in [-0.3, -0.25) is 0 Å². The van der Waals surface area contributed by atoms with Crippen molar-refractivity contribution in [1.82, 2.24) is 0 Å². The fraction of sp³-hybridized carbons (Fsp3) is 0.188. The molecule has 0 heterocycles. The molecule has 1 unspecified atom stereocenters. The minimum atomic E-state index is -4.52. The van der Waals surface area contributed by atoms with Crippen molar-refractivity contribution in [3.05, 3.63) is 51.5 Å². The summed E-state index contributed by atoms with van der Waals surface area (Å²) in [5.74, 6) is -1.07. The van der Waals surface area contributed by atoms with Crippen molar-refractivity contribution in [2.45, 2.75) is 12.5 Å². The molecule has 0 saturated carbocycles. The highest BCUT2D eigenvalue weighted by Crippen LogP contribution is 2.38. The number of alkyl halides is 3. The molecule has 0 saturated heterocycles. The summed E-state index contributed by atoms with van der Waals surface area (Å²) in [5.41, 5.74) is -0.904. The molecule has 26 heavy (non-hydrogen) atoms. The topological polar surface area (TPSA) is 65.0 Å². The third kappa shape index (κ3) is 5.03. The maximum absolute atomic E-state index is 12.7. The molecule has 0 bridgehead atoms. The number of hydrogen-bond acceptors (Lipinski definition) is 4. The molecule has 1 N–H and O–H groups in total. The number of aliphatic carboxylic acids is 1. The molecule has 0 aliphatic carbocycles. The lowest BCUT2D eigenvalue weighted by Gasteiger charge is -2.16. The summed E-state index contributed by atoms with van der Waals surface area (Å²) in [5, 5.41) is 8.72. The standard InChI is InChI=1S/C16H11BrClF3O5/c1-24-15(14(22)23)26-13-7-9(3-4-10(13)17)25-12-5-2-8(6-11(12)18)16(19,20)21/h2-7,15H,1H3,(H,22,23). The van der Waals surface area contributed by atoms with Crippen molar-refractivity contribution in [3.8, 4) is 17.2 Å². The Bertz CT molecular complexity index is 813. The van der Waals surface area contributed by atoms with E-state index in [0.29, 0.717) is 4.47 Å². The Hall–Kier alpha value is -1.97. The Morgan fingerprint density at radius 1 is 1.19 bits per heavy atom. The van der Waals surface area contributed by atoms with Crippen molar-refractivity contribution in [1.29, 1.82) is 0 Å². The highest BCUT2D eigenvalue weighted by Gasteiger charge is 2.31. The van der Waals surface area contributed by atoms with E-state index >= 15 is 0 Å². The van der Waals surface area contributed by atoms with Crippen LogP contribution in [0.5, 0.6) is 17.2 Å². The van der Waals surface area contributed by atoms with E-state index in [9.17, 15) is 18.0 Å². The molecule has 140 valence electrons. The fourth-order valence-corrected chi connectivity index (χ4v) is 2.40. The summed E-state index contributed by atoms with van der Waals surface area (Å²) in [6, 6.07) is 7.02. The van der Waals surface area contributed by atoms with Gasteiger partial charge in [0, 0.05) is 13.2 Å². The monoisotopic (exact) mass is 454 g/mol. The van der Waals surface area contributed by atoms with Gasteiger partial charge in [0.25, 0.3) is 6.29 Å². The second kappa shape index (κ2) is 8.15. The van der Waals surface area contributed by atoms with Crippen LogP contribution >= 0.6 is 27.5 Å². The van der Waals surface area contributed by atoms with Gasteiger partial charge in [-0.25, -0.2) is 4.79 Å². The van der Waals surface area contributed by atoms with Gasteiger partial charge in [0.15, 0.2) is 0 Å². The van der Waals surface area contributed by atoms with Crippen LogP contribution in [0.3, 0.4) is 0 Å². The fourth-order valence-electron chi connectivity index (χ4n) is 1.84. The van der Waals surface area contributed by atoms with E-state index in [4.69, 9.17) is 26.2 Å². The van der Waals surface area contributed by atoms with Gasteiger partial charge in [-0.1, -0.05) is 11.6 Å². The lowest BCUT2D eigenvalue weighted by molar-refractivity contribution is -0.166. The second-order valence-electron chi connectivity index (χ2n) is 4.86. The van der Waals surface area contributed by atoms with Crippen LogP contribution in [0, 0.1) is 0 Å². The first-order chi connectivity index (χ1) is 12.1. The Kier molecular flexibility index (Phi) is 6.38. The molecular weight excluding hydrogens is 445 g/mol. The number of hydrogen-bond donors (Lipinski definition) is 1. The Labute approximate surface area is 159 Å². The number of carbonyl (C=O) groups is 1. The zero-order valence-electron chi connectivity index (χ0n) is 13.0. The first-order valence-corrected chi connectivity index (χ1v) is 8.05. The summed E-state index contributed by atoms with van der Waals surface area (Å²) < 4.78 is 53.8. The van der Waals surface area contributed by atoms with Crippen LogP contribution in [0.25, 0.3) is 0 Å². The molecule has 0 aromatic heterocycles. The van der Waals surface area contributed by atoms with Crippen LogP contribution in [-0.2, 0) is 15.7 Å². The highest BCUT2D eigenvalue weighted by molar-refractivity contribution is 9.10. The molecular formula is C16H11BrClF3O5. The molecule has 0 aliphatic rings. The summed E-state index contributed by atoms with van der Waals surface area (Å²) in [4.78, 5) is 11.0. The minimum absolute atomic E-state index is 0.00512. The van der Waals surface area contributed by atoms with Gasteiger partial charge in [0.05, 0.1) is 15.1 Å². The second-order valence-corrected chi connectivity index (χ2v) is 6.12. The SMILES string of the molecule is COC(Oc1cc(Oc2ccc(C(F)(F)F)cc2Cl)ccc1Br)C(=O)O. The van der Waals surface area contributed by atoms with Crippen molar-refractivity contribution in [2.75, 3.05) is 7.11 Å². The molecule has 10 heteroatoms. The molecule has 0 aliphatic heterocycles. The normalized spacial score (nSPS) is 12.5. The largest absolute Gasteiger partial charge is 0.477 e.